The fourth-order valence-corrected chi connectivity index (χ4v) is 3.86. The molecule has 2 fully saturated rings. The molecule has 2 N–H and O–H groups in total. The molecule has 1 unspecified atom stereocenters. The normalized spacial score (nSPS) is 31.8. The van der Waals surface area contributed by atoms with E-state index < -0.39 is 5.60 Å². The zero-order valence-electron chi connectivity index (χ0n) is 15.9. The Hall–Kier alpha value is -0.810. The van der Waals surface area contributed by atoms with Crippen molar-refractivity contribution in [2.45, 2.75) is 90.4 Å². The maximum absolute atomic E-state index is 12.3. The van der Waals surface area contributed by atoms with Gasteiger partial charge in [0.25, 0.3) is 0 Å². The van der Waals surface area contributed by atoms with Crippen molar-refractivity contribution in [3.8, 4) is 0 Å². The van der Waals surface area contributed by atoms with E-state index in [-0.39, 0.29) is 17.6 Å². The average Bonchev–Trinajstić information content (AvgIpc) is 2.47. The Balaban J connectivity index is 1.76. The molecule has 1 heterocycles. The van der Waals surface area contributed by atoms with Gasteiger partial charge in [-0.05, 0) is 77.7 Å². The van der Waals surface area contributed by atoms with Crippen molar-refractivity contribution in [3.63, 3.8) is 0 Å². The Bertz CT molecular complexity index is 413. The highest BCUT2D eigenvalue weighted by Crippen LogP contribution is 2.33. The van der Waals surface area contributed by atoms with Crippen LogP contribution < -0.4 is 5.32 Å². The molecule has 2 rings (SSSR count). The third-order valence-electron chi connectivity index (χ3n) is 5.29. The monoisotopic (exact) mass is 340 g/mol. The molecular formula is C19H36N2O3. The molecule has 140 valence electrons. The lowest BCUT2D eigenvalue weighted by atomic mass is 9.79. The molecule has 0 bridgehead atoms. The minimum Gasteiger partial charge on any atom is -0.444 e. The number of carbonyl (C=O) groups is 1. The fourth-order valence-electron chi connectivity index (χ4n) is 3.86. The molecule has 2 aliphatic rings. The number of nitrogens with one attached hydrogen (secondary N) is 1. The van der Waals surface area contributed by atoms with E-state index in [9.17, 15) is 9.90 Å². The van der Waals surface area contributed by atoms with E-state index >= 15 is 0 Å². The maximum atomic E-state index is 12.3. The highest BCUT2D eigenvalue weighted by molar-refractivity contribution is 5.68. The number of hydrogen-bond acceptors (Lipinski definition) is 4. The average molecular weight is 341 g/mol. The van der Waals surface area contributed by atoms with Crippen molar-refractivity contribution in [1.29, 1.82) is 0 Å². The summed E-state index contributed by atoms with van der Waals surface area (Å²) in [4.78, 5) is 14.2. The van der Waals surface area contributed by atoms with Gasteiger partial charge in [-0.15, -0.1) is 0 Å². The van der Waals surface area contributed by atoms with E-state index in [1.54, 1.807) is 0 Å². The van der Waals surface area contributed by atoms with E-state index in [1.165, 1.54) is 0 Å². The van der Waals surface area contributed by atoms with Gasteiger partial charge in [0, 0.05) is 19.1 Å². The Morgan fingerprint density at radius 3 is 2.58 bits per heavy atom. The van der Waals surface area contributed by atoms with Gasteiger partial charge in [-0.1, -0.05) is 6.92 Å². The lowest BCUT2D eigenvalue weighted by Gasteiger charge is -2.41. The summed E-state index contributed by atoms with van der Waals surface area (Å²) in [5, 5.41) is 13.2. The second-order valence-corrected chi connectivity index (χ2v) is 9.03. The molecule has 1 amide bonds. The Morgan fingerprint density at radius 1 is 1.29 bits per heavy atom. The van der Waals surface area contributed by atoms with Crippen molar-refractivity contribution in [3.05, 3.63) is 0 Å². The maximum Gasteiger partial charge on any atom is 0.410 e. The fraction of sp³-hybridized carbons (Fsp3) is 0.947. The van der Waals surface area contributed by atoms with Gasteiger partial charge in [0.1, 0.15) is 5.60 Å². The van der Waals surface area contributed by atoms with Crippen molar-refractivity contribution in [2.24, 2.45) is 5.41 Å². The largest absolute Gasteiger partial charge is 0.444 e. The van der Waals surface area contributed by atoms with Crippen molar-refractivity contribution >= 4 is 6.09 Å². The Labute approximate surface area is 147 Å². The molecule has 1 aliphatic heterocycles. The number of aliphatic hydroxyl groups is 1. The smallest absolute Gasteiger partial charge is 0.410 e. The first-order valence-electron chi connectivity index (χ1n) is 9.56. The van der Waals surface area contributed by atoms with Gasteiger partial charge < -0.3 is 20.1 Å². The van der Waals surface area contributed by atoms with E-state index in [0.717, 1.165) is 64.6 Å². The van der Waals surface area contributed by atoms with E-state index in [2.05, 4.69) is 12.2 Å². The Morgan fingerprint density at radius 2 is 1.96 bits per heavy atom. The first-order valence-corrected chi connectivity index (χ1v) is 9.56. The van der Waals surface area contributed by atoms with Crippen LogP contribution in [0.2, 0.25) is 0 Å². The zero-order chi connectivity index (χ0) is 17.8. The summed E-state index contributed by atoms with van der Waals surface area (Å²) < 4.78 is 5.53. The van der Waals surface area contributed by atoms with Gasteiger partial charge >= 0.3 is 6.09 Å². The number of rotatable bonds is 4. The summed E-state index contributed by atoms with van der Waals surface area (Å²) in [6.07, 6.45) is 6.99. The Kier molecular flexibility index (Phi) is 6.54. The second-order valence-electron chi connectivity index (χ2n) is 9.03. The van der Waals surface area contributed by atoms with Crippen LogP contribution >= 0.6 is 0 Å². The van der Waals surface area contributed by atoms with Crippen LogP contribution in [0.1, 0.15) is 72.6 Å². The summed E-state index contributed by atoms with van der Waals surface area (Å²) in [6, 6.07) is 0.544. The minimum absolute atomic E-state index is 0.0960. The molecule has 0 aromatic carbocycles. The summed E-state index contributed by atoms with van der Waals surface area (Å²) in [7, 11) is 0. The van der Waals surface area contributed by atoms with E-state index in [0.29, 0.717) is 6.04 Å². The predicted molar refractivity (Wildman–Crippen MR) is 96.0 cm³/mol. The first-order chi connectivity index (χ1) is 11.2. The second kappa shape index (κ2) is 8.05. The number of nitrogens with zero attached hydrogens (tertiary/aromatic N) is 1. The van der Waals surface area contributed by atoms with E-state index in [1.807, 2.05) is 25.7 Å². The third kappa shape index (κ3) is 6.25. The van der Waals surface area contributed by atoms with Crippen LogP contribution in [0.15, 0.2) is 0 Å². The van der Waals surface area contributed by atoms with Gasteiger partial charge in [0.15, 0.2) is 0 Å². The molecule has 1 atom stereocenters. The van der Waals surface area contributed by atoms with Gasteiger partial charge in [0.05, 0.1) is 6.10 Å². The SMILES string of the molecule is CC1(CCNC2CCC(O)CC2)CCCN(C(=O)OC(C)(C)C)C1. The van der Waals surface area contributed by atoms with Crippen LogP contribution in [0.5, 0.6) is 0 Å². The van der Waals surface area contributed by atoms with Gasteiger partial charge in [-0.2, -0.15) is 0 Å². The zero-order valence-corrected chi connectivity index (χ0v) is 15.9. The number of amides is 1. The molecule has 0 spiro atoms. The van der Waals surface area contributed by atoms with Crippen molar-refractivity contribution in [1.82, 2.24) is 10.2 Å². The number of likely N-dealkylation sites (tertiary alicyclic amines) is 1. The molecule has 0 aromatic rings. The third-order valence-corrected chi connectivity index (χ3v) is 5.29. The van der Waals surface area contributed by atoms with Gasteiger partial charge in [0.2, 0.25) is 0 Å². The highest BCUT2D eigenvalue weighted by Gasteiger charge is 2.34. The number of hydrogen-bond donors (Lipinski definition) is 2. The van der Waals surface area contributed by atoms with Crippen LogP contribution in [0.25, 0.3) is 0 Å². The molecular weight excluding hydrogens is 304 g/mol. The molecule has 5 heteroatoms. The molecule has 0 aromatic heterocycles. The first kappa shape index (κ1) is 19.5. The lowest BCUT2D eigenvalue weighted by molar-refractivity contribution is 0.00535. The number of piperidine rings is 1. The summed E-state index contributed by atoms with van der Waals surface area (Å²) in [5.41, 5.74) is -0.269. The van der Waals surface area contributed by atoms with Crippen molar-refractivity contribution < 1.29 is 14.6 Å². The van der Waals surface area contributed by atoms with Crippen LogP contribution in [0.4, 0.5) is 4.79 Å². The van der Waals surface area contributed by atoms with Crippen molar-refractivity contribution in [2.75, 3.05) is 19.6 Å². The van der Waals surface area contributed by atoms with Crippen LogP contribution in [-0.4, -0.2) is 53.5 Å². The highest BCUT2D eigenvalue weighted by atomic mass is 16.6. The number of ether oxygens (including phenoxy) is 1. The van der Waals surface area contributed by atoms with Gasteiger partial charge in [-0.25, -0.2) is 4.79 Å². The standard InChI is InChI=1S/C19H36N2O3/c1-18(2,3)24-17(23)21-13-5-10-19(4,14-21)11-12-20-15-6-8-16(22)9-7-15/h15-16,20,22H,5-14H2,1-4H3. The molecule has 1 aliphatic carbocycles. The molecule has 1 saturated carbocycles. The minimum atomic E-state index is -0.433. The number of carbonyl (C=O) groups excluding carboxylic acids is 1. The lowest BCUT2D eigenvalue weighted by Crippen LogP contribution is -2.48. The molecule has 24 heavy (non-hydrogen) atoms. The predicted octanol–water partition coefficient (Wildman–Crippen LogP) is 3.31. The number of aliphatic hydroxyl groups excluding tert-OH is 1. The van der Waals surface area contributed by atoms with E-state index in [4.69, 9.17) is 4.74 Å². The summed E-state index contributed by atoms with van der Waals surface area (Å²) in [5.74, 6) is 0. The summed E-state index contributed by atoms with van der Waals surface area (Å²) >= 11 is 0. The topological polar surface area (TPSA) is 61.8 Å². The van der Waals surface area contributed by atoms with Crippen LogP contribution in [0, 0.1) is 5.41 Å². The molecule has 5 nitrogen and oxygen atoms in total. The summed E-state index contributed by atoms with van der Waals surface area (Å²) in [6.45, 7) is 10.6. The van der Waals surface area contributed by atoms with Crippen LogP contribution in [0.3, 0.4) is 0 Å². The molecule has 1 saturated heterocycles. The van der Waals surface area contributed by atoms with Crippen LogP contribution in [-0.2, 0) is 4.74 Å². The van der Waals surface area contributed by atoms with Gasteiger partial charge in [-0.3, -0.25) is 0 Å². The molecule has 0 radical (unpaired) electrons. The quantitative estimate of drug-likeness (QED) is 0.824.